The number of fused-ring (bicyclic) bond motifs is 1. The maximum Gasteiger partial charge on any atom is 0.417 e. The highest BCUT2D eigenvalue weighted by Crippen LogP contribution is 2.31. The number of nitrogens with one attached hydrogen (secondary N) is 2. The van der Waals surface area contributed by atoms with Crippen molar-refractivity contribution >= 4 is 63.3 Å². The molecule has 12 heteroatoms. The predicted molar refractivity (Wildman–Crippen MR) is 137 cm³/mol. The van der Waals surface area contributed by atoms with E-state index < -0.39 is 5.76 Å². The zero-order valence-electron chi connectivity index (χ0n) is 18.8. The molecule has 4 aromatic rings. The van der Waals surface area contributed by atoms with Crippen LogP contribution in [0.2, 0.25) is 10.0 Å². The highest BCUT2D eigenvalue weighted by Gasteiger charge is 2.27. The van der Waals surface area contributed by atoms with Crippen molar-refractivity contribution in [2.24, 2.45) is 0 Å². The molecule has 5 rings (SSSR count). The molecule has 0 atom stereocenters. The molecular weight excluding hydrogens is 527 g/mol. The van der Waals surface area contributed by atoms with E-state index in [0.29, 0.717) is 45.6 Å². The van der Waals surface area contributed by atoms with Crippen molar-refractivity contribution in [3.8, 4) is 0 Å². The number of ether oxygens (including phenoxy) is 1. The fraction of sp³-hybridized carbons (Fsp3) is 0.250. The number of benzene rings is 2. The number of nitrogens with zero attached hydrogens (tertiary/aromatic N) is 2. The number of aromatic amines is 1. The molecule has 1 saturated heterocycles. The number of likely N-dealkylation sites (tertiary alicyclic amines) is 1. The molecule has 0 spiro atoms. The summed E-state index contributed by atoms with van der Waals surface area (Å²) in [4.78, 5) is 45.2. The molecular formula is C24H20Cl2N4O5S. The number of carbonyl (C=O) groups is 2. The van der Waals surface area contributed by atoms with E-state index in [2.05, 4.69) is 15.3 Å². The number of oxazole rings is 1. The summed E-state index contributed by atoms with van der Waals surface area (Å²) in [5.41, 5.74) is 2.45. The molecule has 186 valence electrons. The summed E-state index contributed by atoms with van der Waals surface area (Å²) in [6, 6.07) is 9.95. The summed E-state index contributed by atoms with van der Waals surface area (Å²) in [5.74, 6) is -0.752. The Bertz CT molecular complexity index is 1470. The van der Waals surface area contributed by atoms with Gasteiger partial charge in [-0.05, 0) is 48.7 Å². The van der Waals surface area contributed by atoms with Gasteiger partial charge in [-0.1, -0.05) is 23.2 Å². The molecule has 1 fully saturated rings. The van der Waals surface area contributed by atoms with E-state index in [0.717, 1.165) is 23.4 Å². The van der Waals surface area contributed by atoms with Crippen molar-refractivity contribution in [1.82, 2.24) is 14.9 Å². The number of hydrogen-bond acceptors (Lipinski definition) is 7. The van der Waals surface area contributed by atoms with Crippen LogP contribution in [0.15, 0.2) is 51.0 Å². The molecule has 3 heterocycles. The van der Waals surface area contributed by atoms with Crippen LogP contribution in [-0.2, 0) is 11.3 Å². The SMILES string of the molecule is O=C(Nc1ccc2[nH]c(=O)oc2c1)c1csc(C2CCN(C(=O)OCc3cc(Cl)cc(Cl)c3)CC2)n1. The average molecular weight is 547 g/mol. The third-order valence-corrected chi connectivity index (χ3v) is 7.26. The van der Waals surface area contributed by atoms with Crippen molar-refractivity contribution in [2.45, 2.75) is 25.4 Å². The highest BCUT2D eigenvalue weighted by atomic mass is 35.5. The zero-order chi connectivity index (χ0) is 25.2. The van der Waals surface area contributed by atoms with Crippen molar-refractivity contribution in [3.05, 3.63) is 78.6 Å². The molecule has 0 unspecified atom stereocenters. The van der Waals surface area contributed by atoms with E-state index in [1.807, 2.05) is 0 Å². The molecule has 0 radical (unpaired) electrons. The second kappa shape index (κ2) is 10.3. The lowest BCUT2D eigenvalue weighted by molar-refractivity contribution is 0.0870. The van der Waals surface area contributed by atoms with Gasteiger partial charge in [0.05, 0.1) is 10.5 Å². The van der Waals surface area contributed by atoms with Gasteiger partial charge in [-0.3, -0.25) is 9.78 Å². The largest absolute Gasteiger partial charge is 0.445 e. The lowest BCUT2D eigenvalue weighted by Crippen LogP contribution is -2.38. The normalized spacial score (nSPS) is 14.2. The topological polar surface area (TPSA) is 118 Å². The van der Waals surface area contributed by atoms with Crippen LogP contribution in [0.5, 0.6) is 0 Å². The Kier molecular flexibility index (Phi) is 6.99. The molecule has 1 aliphatic rings. The van der Waals surface area contributed by atoms with Crippen LogP contribution in [0.1, 0.15) is 39.8 Å². The van der Waals surface area contributed by atoms with Crippen molar-refractivity contribution in [2.75, 3.05) is 18.4 Å². The minimum Gasteiger partial charge on any atom is -0.445 e. The fourth-order valence-electron chi connectivity index (χ4n) is 4.04. The summed E-state index contributed by atoms with van der Waals surface area (Å²) >= 11 is 13.4. The minimum absolute atomic E-state index is 0.0904. The third kappa shape index (κ3) is 5.56. The zero-order valence-corrected chi connectivity index (χ0v) is 21.1. The Morgan fingerprint density at radius 1 is 1.17 bits per heavy atom. The molecule has 0 bridgehead atoms. The molecule has 0 saturated carbocycles. The number of amides is 2. The molecule has 2 N–H and O–H groups in total. The van der Waals surface area contributed by atoms with Crippen LogP contribution < -0.4 is 11.1 Å². The number of piperidine rings is 1. The molecule has 1 aliphatic heterocycles. The Hall–Kier alpha value is -3.34. The van der Waals surface area contributed by atoms with E-state index in [-0.39, 0.29) is 24.5 Å². The van der Waals surface area contributed by atoms with Crippen LogP contribution in [0.25, 0.3) is 11.1 Å². The van der Waals surface area contributed by atoms with Crippen molar-refractivity contribution in [3.63, 3.8) is 0 Å². The van der Waals surface area contributed by atoms with Crippen LogP contribution in [0.4, 0.5) is 10.5 Å². The van der Waals surface area contributed by atoms with Gasteiger partial charge in [0.1, 0.15) is 12.3 Å². The fourth-order valence-corrected chi connectivity index (χ4v) is 5.58. The first-order valence-electron chi connectivity index (χ1n) is 11.1. The number of rotatable bonds is 5. The predicted octanol–water partition coefficient (Wildman–Crippen LogP) is 5.65. The molecule has 2 amide bonds. The smallest absolute Gasteiger partial charge is 0.417 e. The van der Waals surface area contributed by atoms with Gasteiger partial charge >= 0.3 is 11.8 Å². The van der Waals surface area contributed by atoms with E-state index in [1.165, 1.54) is 11.3 Å². The second-order valence-electron chi connectivity index (χ2n) is 8.34. The summed E-state index contributed by atoms with van der Waals surface area (Å²) in [7, 11) is 0. The van der Waals surface area contributed by atoms with Gasteiger partial charge in [0.25, 0.3) is 5.91 Å². The van der Waals surface area contributed by atoms with E-state index in [9.17, 15) is 14.4 Å². The number of halogens is 2. The first kappa shape index (κ1) is 24.4. The Balaban J connectivity index is 1.13. The lowest BCUT2D eigenvalue weighted by atomic mass is 9.98. The minimum atomic E-state index is -0.553. The van der Waals surface area contributed by atoms with Crippen molar-refractivity contribution < 1.29 is 18.7 Å². The van der Waals surface area contributed by atoms with Crippen LogP contribution in [0, 0.1) is 0 Å². The quantitative estimate of drug-likeness (QED) is 0.333. The highest BCUT2D eigenvalue weighted by molar-refractivity contribution is 7.10. The maximum absolute atomic E-state index is 12.7. The van der Waals surface area contributed by atoms with E-state index in [4.69, 9.17) is 32.4 Å². The Morgan fingerprint density at radius 3 is 2.67 bits per heavy atom. The number of anilines is 1. The van der Waals surface area contributed by atoms with Crippen LogP contribution in [0.3, 0.4) is 0 Å². The van der Waals surface area contributed by atoms with Gasteiger partial charge in [0.15, 0.2) is 5.58 Å². The number of aromatic nitrogens is 2. The molecule has 2 aromatic carbocycles. The molecule has 2 aromatic heterocycles. The van der Waals surface area contributed by atoms with Crippen LogP contribution >= 0.6 is 34.5 Å². The van der Waals surface area contributed by atoms with E-state index in [1.54, 1.807) is 46.7 Å². The number of hydrogen-bond donors (Lipinski definition) is 2. The van der Waals surface area contributed by atoms with E-state index >= 15 is 0 Å². The summed E-state index contributed by atoms with van der Waals surface area (Å²) in [6.45, 7) is 1.15. The average Bonchev–Trinajstić information content (AvgIpc) is 3.48. The first-order valence-corrected chi connectivity index (χ1v) is 12.7. The number of H-pyrrole nitrogens is 1. The molecule has 36 heavy (non-hydrogen) atoms. The Morgan fingerprint density at radius 2 is 1.92 bits per heavy atom. The molecule has 9 nitrogen and oxygen atoms in total. The Labute approximate surface area is 219 Å². The number of thiazole rings is 1. The monoisotopic (exact) mass is 546 g/mol. The first-order chi connectivity index (χ1) is 17.3. The second-order valence-corrected chi connectivity index (χ2v) is 10.1. The lowest BCUT2D eigenvalue weighted by Gasteiger charge is -2.30. The van der Waals surface area contributed by atoms with Gasteiger partial charge in [0.2, 0.25) is 0 Å². The van der Waals surface area contributed by atoms with Gasteiger partial charge < -0.3 is 19.4 Å². The van der Waals surface area contributed by atoms with Gasteiger partial charge in [-0.2, -0.15) is 0 Å². The molecule has 0 aliphatic carbocycles. The third-order valence-electron chi connectivity index (χ3n) is 5.82. The van der Waals surface area contributed by atoms with Gasteiger partial charge in [-0.25, -0.2) is 14.6 Å². The standard InChI is InChI=1S/C24H20Cl2N4O5S/c25-15-7-13(8-16(26)9-15)11-34-24(33)30-5-3-14(4-6-30)22-28-19(12-36-22)21(31)27-17-1-2-18-20(10-17)35-23(32)29-18/h1-2,7-10,12,14H,3-6,11H2,(H,27,31)(H,29,32). The number of carbonyl (C=O) groups excluding carboxylic acids is 2. The van der Waals surface area contributed by atoms with Gasteiger partial charge in [-0.15, -0.1) is 11.3 Å². The maximum atomic E-state index is 12.7. The summed E-state index contributed by atoms with van der Waals surface area (Å²) < 4.78 is 10.4. The van der Waals surface area contributed by atoms with Crippen molar-refractivity contribution in [1.29, 1.82) is 0 Å². The summed E-state index contributed by atoms with van der Waals surface area (Å²) in [6.07, 6.45) is 1.05. The van der Waals surface area contributed by atoms with Gasteiger partial charge in [0, 0.05) is 46.2 Å². The van der Waals surface area contributed by atoms with Crippen LogP contribution in [-0.4, -0.2) is 40.0 Å². The summed E-state index contributed by atoms with van der Waals surface area (Å²) in [5, 5.41) is 6.32.